The summed E-state index contributed by atoms with van der Waals surface area (Å²) in [7, 11) is 1.59. The summed E-state index contributed by atoms with van der Waals surface area (Å²) in [6.07, 6.45) is 1.28. The summed E-state index contributed by atoms with van der Waals surface area (Å²) >= 11 is 0. The Morgan fingerprint density at radius 2 is 1.75 bits per heavy atom. The summed E-state index contributed by atoms with van der Waals surface area (Å²) in [6.45, 7) is 0.393. The number of unbranched alkanes of at least 4 members (excludes halogenated alkanes) is 1. The van der Waals surface area contributed by atoms with E-state index in [-0.39, 0.29) is 65.9 Å². The number of carbonyl (C=O) groups is 2. The van der Waals surface area contributed by atoms with Crippen LogP contribution in [0.5, 0.6) is 23.0 Å². The molecule has 32 heavy (non-hydrogen) atoms. The first-order chi connectivity index (χ1) is 14.6. The molecule has 0 heterocycles. The second-order valence-electron chi connectivity index (χ2n) is 7.91. The van der Waals surface area contributed by atoms with E-state index in [1.807, 2.05) is 0 Å². The Bertz CT molecular complexity index is 1040. The number of ketones is 1. The van der Waals surface area contributed by atoms with Crippen LogP contribution < -0.4 is 5.73 Å². The minimum Gasteiger partial charge on any atom is -0.508 e. The van der Waals surface area contributed by atoms with E-state index in [1.54, 1.807) is 11.9 Å². The highest BCUT2D eigenvalue weighted by Gasteiger charge is 2.44. The summed E-state index contributed by atoms with van der Waals surface area (Å²) in [5.74, 6) is -2.54. The van der Waals surface area contributed by atoms with Crippen molar-refractivity contribution in [2.75, 3.05) is 13.6 Å². The van der Waals surface area contributed by atoms with Gasteiger partial charge in [0.15, 0.2) is 0 Å². The molecule has 2 aromatic carbocycles. The van der Waals surface area contributed by atoms with Crippen molar-refractivity contribution in [1.82, 2.24) is 4.90 Å². The lowest BCUT2D eigenvalue weighted by molar-refractivity contribution is -0.152. The number of carboxylic acid groups (broad SMARTS) is 1. The van der Waals surface area contributed by atoms with Crippen LogP contribution in [0.3, 0.4) is 0 Å². The average Bonchev–Trinajstić information content (AvgIpc) is 2.71. The smallest absolute Gasteiger partial charge is 0.324 e. The molecule has 9 nitrogen and oxygen atoms in total. The first-order valence-corrected chi connectivity index (χ1v) is 9.90. The number of phenols is 4. The van der Waals surface area contributed by atoms with Crippen LogP contribution in [-0.4, -0.2) is 61.3 Å². The molecule has 0 spiro atoms. The highest BCUT2D eigenvalue weighted by molar-refractivity contribution is 6.23. The van der Waals surface area contributed by atoms with Gasteiger partial charge in [-0.15, -0.1) is 12.4 Å². The van der Waals surface area contributed by atoms with Crippen LogP contribution in [0, 0.1) is 0 Å². The highest BCUT2D eigenvalue weighted by Crippen LogP contribution is 2.45. The van der Waals surface area contributed by atoms with Crippen LogP contribution >= 0.6 is 12.4 Å². The number of halogens is 1. The third-order valence-electron chi connectivity index (χ3n) is 5.96. The zero-order chi connectivity index (χ0) is 22.9. The van der Waals surface area contributed by atoms with E-state index in [0.29, 0.717) is 30.5 Å². The molecule has 2 bridgehead atoms. The number of phenolic OH excluding ortho intramolecular Hbond substituents is 4. The largest absolute Gasteiger partial charge is 0.508 e. The number of hydrogen-bond donors (Lipinski definition) is 6. The first-order valence-electron chi connectivity index (χ1n) is 9.90. The predicted octanol–water partition coefficient (Wildman–Crippen LogP) is 2.10. The average molecular weight is 467 g/mol. The maximum Gasteiger partial charge on any atom is 0.324 e. The second-order valence-corrected chi connectivity index (χ2v) is 7.91. The number of carbonyl (C=O) groups excluding carboxylic acids is 1. The van der Waals surface area contributed by atoms with E-state index in [9.17, 15) is 35.1 Å². The number of fused-ring (bicyclic) bond motifs is 2. The quantitative estimate of drug-likeness (QED) is 0.245. The van der Waals surface area contributed by atoms with Crippen molar-refractivity contribution in [1.29, 1.82) is 0 Å². The van der Waals surface area contributed by atoms with Gasteiger partial charge in [0, 0.05) is 24.6 Å². The molecule has 1 atom stereocenters. The zero-order valence-electron chi connectivity index (χ0n) is 17.5. The normalized spacial score (nSPS) is 13.9. The number of likely N-dealkylation sites (N-methyl/N-ethyl adjacent to an activating group) is 1. The maximum atomic E-state index is 12.5. The first kappa shape index (κ1) is 25.3. The van der Waals surface area contributed by atoms with Gasteiger partial charge in [0.25, 0.3) is 0 Å². The number of nitrogens with zero attached hydrogens (tertiary/aromatic N) is 1. The van der Waals surface area contributed by atoms with Crippen molar-refractivity contribution >= 4 is 24.2 Å². The van der Waals surface area contributed by atoms with Gasteiger partial charge in [-0.1, -0.05) is 6.07 Å². The lowest BCUT2D eigenvalue weighted by Crippen LogP contribution is -2.54. The number of carboxylic acids is 1. The summed E-state index contributed by atoms with van der Waals surface area (Å²) in [6, 6.07) is 5.35. The molecule has 174 valence electrons. The van der Waals surface area contributed by atoms with Gasteiger partial charge in [-0.25, -0.2) is 0 Å². The molecule has 0 saturated heterocycles. The number of benzene rings is 2. The fraction of sp³-hybridized carbons (Fsp3) is 0.364. The van der Waals surface area contributed by atoms with Crippen molar-refractivity contribution in [3.63, 3.8) is 0 Å². The summed E-state index contributed by atoms with van der Waals surface area (Å²) < 4.78 is 0. The number of aliphatic carboxylic acids is 1. The zero-order valence-corrected chi connectivity index (χ0v) is 18.4. The predicted molar refractivity (Wildman–Crippen MR) is 119 cm³/mol. The van der Waals surface area contributed by atoms with E-state index in [0.717, 1.165) is 6.07 Å². The molecule has 2 aliphatic rings. The van der Waals surface area contributed by atoms with E-state index < -0.39 is 17.3 Å². The van der Waals surface area contributed by atoms with Crippen molar-refractivity contribution in [3.8, 4) is 23.0 Å². The molecule has 0 fully saturated rings. The Hall–Kier alpha value is -3.01. The van der Waals surface area contributed by atoms with Gasteiger partial charge in [0.2, 0.25) is 5.78 Å². The van der Waals surface area contributed by atoms with E-state index in [2.05, 4.69) is 0 Å². The molecule has 0 aromatic heterocycles. The van der Waals surface area contributed by atoms with E-state index in [1.165, 1.54) is 18.2 Å². The molecule has 10 heteroatoms. The van der Waals surface area contributed by atoms with Gasteiger partial charge in [0.05, 0.1) is 5.56 Å². The molecular formula is C22H27ClN2O7. The second kappa shape index (κ2) is 9.64. The van der Waals surface area contributed by atoms with Crippen LogP contribution in [0.4, 0.5) is 0 Å². The van der Waals surface area contributed by atoms with Crippen LogP contribution in [0.2, 0.25) is 0 Å². The molecule has 0 radical (unpaired) electrons. The SMILES string of the molecule is CN(Cc1cc2c(O)c(c1O)C2=O)[C@](CCCCN)(Cc1ccc(O)cc1O)C(=O)O.Cl. The Kier molecular flexibility index (Phi) is 7.61. The molecular weight excluding hydrogens is 440 g/mol. The Labute approximate surface area is 191 Å². The van der Waals surface area contributed by atoms with Crippen molar-refractivity contribution in [2.24, 2.45) is 5.73 Å². The molecule has 0 unspecified atom stereocenters. The Morgan fingerprint density at radius 3 is 2.28 bits per heavy atom. The molecule has 2 aliphatic carbocycles. The molecule has 0 aliphatic heterocycles. The Morgan fingerprint density at radius 1 is 1.06 bits per heavy atom. The minimum atomic E-state index is -1.46. The molecule has 2 aromatic rings. The number of rotatable bonds is 10. The van der Waals surface area contributed by atoms with Gasteiger partial charge in [-0.3, -0.25) is 14.5 Å². The lowest BCUT2D eigenvalue weighted by atomic mass is 9.82. The van der Waals surface area contributed by atoms with Crippen molar-refractivity contribution in [3.05, 3.63) is 46.5 Å². The van der Waals surface area contributed by atoms with Gasteiger partial charge >= 0.3 is 5.97 Å². The fourth-order valence-corrected chi connectivity index (χ4v) is 4.04. The standard InChI is InChI=1S/C22H26N2O7.ClH/c1-24(11-13-8-15-19(28)17(18(13)27)20(15)29)22(21(30)31,6-2-3-7-23)10-12-4-5-14(25)9-16(12)26;/h4-5,8-9,25-28H,2-3,6-7,10-11,23H2,1H3,(H,30,31);1H/t22-;/m1./s1. The van der Waals surface area contributed by atoms with Gasteiger partial charge in [0.1, 0.15) is 34.1 Å². The van der Waals surface area contributed by atoms with Crippen LogP contribution in [-0.2, 0) is 17.8 Å². The van der Waals surface area contributed by atoms with Crippen LogP contribution in [0.15, 0.2) is 24.3 Å². The third kappa shape index (κ3) is 4.32. The van der Waals surface area contributed by atoms with Gasteiger partial charge in [-0.2, -0.15) is 0 Å². The monoisotopic (exact) mass is 466 g/mol. The van der Waals surface area contributed by atoms with Crippen LogP contribution in [0.25, 0.3) is 0 Å². The topological polar surface area (TPSA) is 165 Å². The van der Waals surface area contributed by atoms with Gasteiger partial charge in [-0.05, 0) is 50.6 Å². The number of hydrogen-bond acceptors (Lipinski definition) is 8. The molecule has 4 rings (SSSR count). The maximum absolute atomic E-state index is 12.5. The van der Waals surface area contributed by atoms with E-state index in [4.69, 9.17) is 5.73 Å². The van der Waals surface area contributed by atoms with Crippen molar-refractivity contribution < 1.29 is 35.1 Å². The summed E-state index contributed by atoms with van der Waals surface area (Å²) in [5.41, 5.74) is 4.73. The molecule has 0 amide bonds. The third-order valence-corrected chi connectivity index (χ3v) is 5.96. The van der Waals surface area contributed by atoms with E-state index >= 15 is 0 Å². The number of aromatic hydroxyl groups is 4. The minimum absolute atomic E-state index is 0. The fourth-order valence-electron chi connectivity index (χ4n) is 4.04. The summed E-state index contributed by atoms with van der Waals surface area (Å²) in [5, 5.41) is 50.2. The molecule has 7 N–H and O–H groups in total. The summed E-state index contributed by atoms with van der Waals surface area (Å²) in [4.78, 5) is 25.9. The lowest BCUT2D eigenvalue weighted by Gasteiger charge is -2.39. The molecule has 0 saturated carbocycles. The van der Waals surface area contributed by atoms with Crippen molar-refractivity contribution in [2.45, 2.75) is 37.8 Å². The van der Waals surface area contributed by atoms with Gasteiger partial charge < -0.3 is 31.3 Å². The highest BCUT2D eigenvalue weighted by atomic mass is 35.5. The van der Waals surface area contributed by atoms with Crippen LogP contribution in [0.1, 0.15) is 46.3 Å². The Balaban J connectivity index is 0.00000363. The number of nitrogens with two attached hydrogens (primary N) is 1.